The van der Waals surface area contributed by atoms with Gasteiger partial charge in [-0.25, -0.2) is 0 Å². The van der Waals surface area contributed by atoms with Gasteiger partial charge in [-0.2, -0.15) is 0 Å². The number of rotatable bonds is 4. The minimum Gasteiger partial charge on any atom is -0.400 e. The monoisotopic (exact) mass is 210 g/mol. The Morgan fingerprint density at radius 3 is 2.27 bits per heavy atom. The van der Waals surface area contributed by atoms with Gasteiger partial charge in [0.05, 0.1) is 11.2 Å². The van der Waals surface area contributed by atoms with Crippen molar-refractivity contribution in [1.29, 1.82) is 0 Å². The first-order valence-corrected chi connectivity index (χ1v) is 5.79. The second kappa shape index (κ2) is 4.30. The van der Waals surface area contributed by atoms with E-state index in [0.29, 0.717) is 5.92 Å². The first kappa shape index (κ1) is 12.8. The molecule has 2 nitrogen and oxygen atoms in total. The van der Waals surface area contributed by atoms with Crippen molar-refractivity contribution in [3.05, 3.63) is 12.6 Å². The van der Waals surface area contributed by atoms with Crippen LogP contribution < -0.4 is 0 Å². The Hall–Kier alpha value is -0.275. The largest absolute Gasteiger partial charge is 0.486 e. The van der Waals surface area contributed by atoms with Crippen LogP contribution in [0.1, 0.15) is 47.5 Å². The van der Waals surface area contributed by atoms with E-state index in [1.165, 1.54) is 0 Å². The van der Waals surface area contributed by atoms with Crippen molar-refractivity contribution in [2.75, 3.05) is 0 Å². The van der Waals surface area contributed by atoms with Gasteiger partial charge >= 0.3 is 7.12 Å². The summed E-state index contributed by atoms with van der Waals surface area (Å²) in [6.07, 6.45) is 2.19. The van der Waals surface area contributed by atoms with E-state index < -0.39 is 0 Å². The van der Waals surface area contributed by atoms with Crippen LogP contribution in [-0.2, 0) is 9.31 Å². The molecule has 1 atom stereocenters. The lowest BCUT2D eigenvalue weighted by Gasteiger charge is -2.37. The third-order valence-electron chi connectivity index (χ3n) is 3.45. The third kappa shape index (κ3) is 2.64. The van der Waals surface area contributed by atoms with E-state index in [1.807, 2.05) is 0 Å². The van der Waals surface area contributed by atoms with Crippen LogP contribution in [0.15, 0.2) is 12.6 Å². The van der Waals surface area contributed by atoms with Crippen LogP contribution in [0, 0.1) is 5.92 Å². The second-order valence-electron chi connectivity index (χ2n) is 5.51. The van der Waals surface area contributed by atoms with Crippen molar-refractivity contribution < 1.29 is 9.31 Å². The topological polar surface area (TPSA) is 18.5 Å². The minimum absolute atomic E-state index is 0.198. The zero-order valence-corrected chi connectivity index (χ0v) is 10.7. The maximum atomic E-state index is 5.92. The molecule has 0 bridgehead atoms. The molecule has 86 valence electrons. The Balaban J connectivity index is 2.69. The van der Waals surface area contributed by atoms with Crippen LogP contribution in [0.3, 0.4) is 0 Å². The van der Waals surface area contributed by atoms with E-state index in [9.17, 15) is 0 Å². The van der Waals surface area contributed by atoms with Gasteiger partial charge in [0, 0.05) is 0 Å². The predicted molar refractivity (Wildman–Crippen MR) is 64.7 cm³/mol. The van der Waals surface area contributed by atoms with Gasteiger partial charge in [-0.15, -0.1) is 6.58 Å². The Kier molecular flexibility index (Phi) is 3.67. The summed E-state index contributed by atoms with van der Waals surface area (Å²) in [6.45, 7) is 14.5. The summed E-state index contributed by atoms with van der Waals surface area (Å²) in [4.78, 5) is 0. The van der Waals surface area contributed by atoms with Gasteiger partial charge in [0.2, 0.25) is 0 Å². The molecule has 0 aromatic carbocycles. The maximum Gasteiger partial charge on any atom is 0.486 e. The van der Waals surface area contributed by atoms with Crippen LogP contribution in [0.25, 0.3) is 0 Å². The van der Waals surface area contributed by atoms with Crippen LogP contribution in [0.5, 0.6) is 0 Å². The molecular weight excluding hydrogens is 187 g/mol. The van der Waals surface area contributed by atoms with E-state index in [4.69, 9.17) is 9.31 Å². The molecule has 1 unspecified atom stereocenters. The molecule has 0 aliphatic carbocycles. The molecule has 1 aliphatic rings. The minimum atomic E-state index is -0.253. The fourth-order valence-corrected chi connectivity index (χ4v) is 1.86. The highest BCUT2D eigenvalue weighted by Gasteiger charge is 2.52. The first-order valence-electron chi connectivity index (χ1n) is 5.79. The molecule has 0 N–H and O–H groups in total. The normalized spacial score (nSPS) is 29.9. The van der Waals surface area contributed by atoms with Crippen molar-refractivity contribution in [2.45, 2.75) is 58.7 Å². The zero-order chi connectivity index (χ0) is 11.7. The van der Waals surface area contributed by atoms with Crippen LogP contribution >= 0.6 is 0 Å². The summed E-state index contributed by atoms with van der Waals surface area (Å²) >= 11 is 0. The average Bonchev–Trinajstić information content (AvgIpc) is 2.35. The Morgan fingerprint density at radius 2 is 1.87 bits per heavy atom. The highest BCUT2D eigenvalue weighted by molar-refractivity contribution is 6.51. The summed E-state index contributed by atoms with van der Waals surface area (Å²) in [5.41, 5.74) is -0.434. The highest BCUT2D eigenvalue weighted by atomic mass is 16.7. The summed E-state index contributed by atoms with van der Waals surface area (Å²) < 4.78 is 11.7. The highest BCUT2D eigenvalue weighted by Crippen LogP contribution is 2.41. The molecular formula is C12H23BO2. The quantitative estimate of drug-likeness (QED) is 0.663. The molecule has 0 saturated carbocycles. The molecule has 0 spiro atoms. The second-order valence-corrected chi connectivity index (χ2v) is 5.51. The maximum absolute atomic E-state index is 5.92. The zero-order valence-electron chi connectivity index (χ0n) is 10.7. The SMILES string of the molecule is C=CB1OC(C)(C)C(C)(CCC(C)C)O1. The molecule has 1 saturated heterocycles. The molecule has 0 radical (unpaired) electrons. The Labute approximate surface area is 94.2 Å². The van der Waals surface area contributed by atoms with Gasteiger partial charge < -0.3 is 9.31 Å². The van der Waals surface area contributed by atoms with E-state index in [-0.39, 0.29) is 18.3 Å². The molecule has 0 aromatic rings. The standard InChI is InChI=1S/C12H23BO2/c1-7-13-14-11(4,5)12(6,15-13)9-8-10(2)3/h7,10H,1,8-9H2,2-6H3. The Bertz CT molecular complexity index is 238. The predicted octanol–water partition coefficient (Wildman–Crippen LogP) is 3.22. The summed E-state index contributed by atoms with van der Waals surface area (Å²) in [6, 6.07) is 0. The van der Waals surface area contributed by atoms with E-state index in [2.05, 4.69) is 41.2 Å². The first-order chi connectivity index (χ1) is 6.81. The summed E-state index contributed by atoms with van der Waals surface area (Å²) in [5.74, 6) is 2.42. The van der Waals surface area contributed by atoms with Crippen LogP contribution in [0.2, 0.25) is 0 Å². The molecule has 15 heavy (non-hydrogen) atoms. The molecule has 1 rings (SSSR count). The molecule has 1 aliphatic heterocycles. The molecule has 1 fully saturated rings. The van der Waals surface area contributed by atoms with Crippen LogP contribution in [0.4, 0.5) is 0 Å². The molecule has 1 heterocycles. The van der Waals surface area contributed by atoms with Crippen molar-refractivity contribution in [2.24, 2.45) is 5.92 Å². The van der Waals surface area contributed by atoms with E-state index in [1.54, 1.807) is 5.98 Å². The fourth-order valence-electron chi connectivity index (χ4n) is 1.86. The molecule has 0 aromatic heterocycles. The van der Waals surface area contributed by atoms with Gasteiger partial charge in [-0.05, 0) is 39.5 Å². The lowest BCUT2D eigenvalue weighted by atomic mass is 9.82. The molecule has 0 amide bonds. The van der Waals surface area contributed by atoms with E-state index >= 15 is 0 Å². The van der Waals surface area contributed by atoms with Crippen molar-refractivity contribution in [1.82, 2.24) is 0 Å². The average molecular weight is 210 g/mol. The fraction of sp³-hybridized carbons (Fsp3) is 0.833. The smallest absolute Gasteiger partial charge is 0.400 e. The number of hydrogen-bond donors (Lipinski definition) is 0. The number of hydrogen-bond acceptors (Lipinski definition) is 2. The third-order valence-corrected chi connectivity index (χ3v) is 3.45. The van der Waals surface area contributed by atoms with Gasteiger partial charge in [0.25, 0.3) is 0 Å². The van der Waals surface area contributed by atoms with Gasteiger partial charge in [0.15, 0.2) is 0 Å². The Morgan fingerprint density at radius 1 is 1.27 bits per heavy atom. The lowest BCUT2D eigenvalue weighted by Crippen LogP contribution is -2.44. The van der Waals surface area contributed by atoms with Gasteiger partial charge in [-0.3, -0.25) is 0 Å². The van der Waals surface area contributed by atoms with Crippen LogP contribution in [-0.4, -0.2) is 18.3 Å². The van der Waals surface area contributed by atoms with Crippen molar-refractivity contribution >= 4 is 7.12 Å². The summed E-state index contributed by atoms with van der Waals surface area (Å²) in [7, 11) is -0.253. The van der Waals surface area contributed by atoms with Gasteiger partial charge in [-0.1, -0.05) is 19.8 Å². The van der Waals surface area contributed by atoms with Gasteiger partial charge in [0.1, 0.15) is 0 Å². The lowest BCUT2D eigenvalue weighted by molar-refractivity contribution is -0.0189. The van der Waals surface area contributed by atoms with E-state index in [0.717, 1.165) is 12.8 Å². The summed E-state index contributed by atoms with van der Waals surface area (Å²) in [5, 5.41) is 0. The molecule has 3 heteroatoms. The van der Waals surface area contributed by atoms with Crippen molar-refractivity contribution in [3.63, 3.8) is 0 Å². The van der Waals surface area contributed by atoms with Crippen molar-refractivity contribution in [3.8, 4) is 0 Å².